The highest BCUT2D eigenvalue weighted by Gasteiger charge is 2.25. The first-order valence-corrected chi connectivity index (χ1v) is 10.7. The van der Waals surface area contributed by atoms with Crippen LogP contribution in [0.25, 0.3) is 11.0 Å². The van der Waals surface area contributed by atoms with Crippen molar-refractivity contribution in [2.75, 3.05) is 25.5 Å². The molecular formula is C22H20N4O5S. The van der Waals surface area contributed by atoms with E-state index in [4.69, 9.17) is 18.7 Å². The SMILES string of the molecule is COC(=O)c1ccc(OC)c(SNc2noc3cc(Cn4cccn4)c4c(c23)OCC4)c1. The zero-order valence-corrected chi connectivity index (χ0v) is 18.3. The summed E-state index contributed by atoms with van der Waals surface area (Å²) in [5, 5.41) is 9.30. The van der Waals surface area contributed by atoms with Gasteiger partial charge in [0.1, 0.15) is 16.9 Å². The molecule has 0 unspecified atom stereocenters. The van der Waals surface area contributed by atoms with Gasteiger partial charge in [0.2, 0.25) is 0 Å². The maximum atomic E-state index is 11.9. The first-order chi connectivity index (χ1) is 15.7. The second-order valence-corrected chi connectivity index (χ2v) is 7.96. The highest BCUT2D eigenvalue weighted by atomic mass is 32.2. The molecule has 1 aliphatic rings. The highest BCUT2D eigenvalue weighted by Crippen LogP contribution is 2.42. The number of hydrogen-bond acceptors (Lipinski definition) is 9. The van der Waals surface area contributed by atoms with E-state index in [0.717, 1.165) is 28.7 Å². The largest absolute Gasteiger partial charge is 0.496 e. The van der Waals surface area contributed by atoms with E-state index in [2.05, 4.69) is 15.0 Å². The molecule has 0 aliphatic carbocycles. The quantitative estimate of drug-likeness (QED) is 0.330. The fourth-order valence-corrected chi connectivity index (χ4v) is 4.52. The lowest BCUT2D eigenvalue weighted by Crippen LogP contribution is -2.03. The first-order valence-electron chi connectivity index (χ1n) is 9.91. The maximum absolute atomic E-state index is 11.9. The van der Waals surface area contributed by atoms with Crippen LogP contribution in [0.2, 0.25) is 0 Å². The lowest BCUT2D eigenvalue weighted by atomic mass is 10.0. The molecule has 0 fully saturated rings. The molecule has 1 N–H and O–H groups in total. The molecule has 0 saturated carbocycles. The Morgan fingerprint density at radius 3 is 3.00 bits per heavy atom. The van der Waals surface area contributed by atoms with Gasteiger partial charge in [-0.1, -0.05) is 5.16 Å². The van der Waals surface area contributed by atoms with Crippen LogP contribution in [0.3, 0.4) is 0 Å². The second kappa shape index (κ2) is 8.46. The molecule has 0 saturated heterocycles. The summed E-state index contributed by atoms with van der Waals surface area (Å²) in [5.74, 6) is 1.52. The molecule has 10 heteroatoms. The zero-order chi connectivity index (χ0) is 22.1. The van der Waals surface area contributed by atoms with Gasteiger partial charge in [0.15, 0.2) is 11.4 Å². The number of fused-ring (bicyclic) bond motifs is 3. The Bertz CT molecular complexity index is 1290. The van der Waals surface area contributed by atoms with Crippen LogP contribution in [0.4, 0.5) is 5.82 Å². The standard InChI is InChI=1S/C22H20N4O5S/c1-28-16-5-4-13(22(27)29-2)11-18(16)32-25-21-19-17(31-24-21)10-14(12-26-8-3-7-23-26)15-6-9-30-20(15)19/h3-5,7-8,10-11H,6,9,12H2,1-2H3,(H,24,25). The summed E-state index contributed by atoms with van der Waals surface area (Å²) >= 11 is 1.26. The third-order valence-corrected chi connectivity index (χ3v) is 6.08. The number of hydrogen-bond donors (Lipinski definition) is 1. The minimum atomic E-state index is -0.419. The second-order valence-electron chi connectivity index (χ2n) is 7.11. The molecule has 3 heterocycles. The normalized spacial score (nSPS) is 12.4. The van der Waals surface area contributed by atoms with E-state index in [1.807, 2.05) is 23.0 Å². The van der Waals surface area contributed by atoms with Gasteiger partial charge in [-0.05, 0) is 47.8 Å². The summed E-state index contributed by atoms with van der Waals surface area (Å²) in [5.41, 5.74) is 3.28. The number of anilines is 1. The number of nitrogens with zero attached hydrogens (tertiary/aromatic N) is 3. The van der Waals surface area contributed by atoms with E-state index >= 15 is 0 Å². The van der Waals surface area contributed by atoms with Crippen LogP contribution in [0.1, 0.15) is 21.5 Å². The molecule has 0 radical (unpaired) electrons. The average molecular weight is 452 g/mol. The van der Waals surface area contributed by atoms with Crippen molar-refractivity contribution in [2.45, 2.75) is 17.9 Å². The predicted molar refractivity (Wildman–Crippen MR) is 118 cm³/mol. The summed E-state index contributed by atoms with van der Waals surface area (Å²) < 4.78 is 26.9. The van der Waals surface area contributed by atoms with Crippen molar-refractivity contribution in [1.82, 2.24) is 14.9 Å². The zero-order valence-electron chi connectivity index (χ0n) is 17.5. The Balaban J connectivity index is 1.46. The lowest BCUT2D eigenvalue weighted by molar-refractivity contribution is 0.0600. The Morgan fingerprint density at radius 2 is 2.22 bits per heavy atom. The molecular weight excluding hydrogens is 432 g/mol. The smallest absolute Gasteiger partial charge is 0.337 e. The fourth-order valence-electron chi connectivity index (χ4n) is 3.74. The summed E-state index contributed by atoms with van der Waals surface area (Å²) in [6.07, 6.45) is 4.49. The summed E-state index contributed by atoms with van der Waals surface area (Å²) in [7, 11) is 2.92. The number of esters is 1. The Labute approximate surface area is 187 Å². The third-order valence-electron chi connectivity index (χ3n) is 5.24. The molecule has 0 amide bonds. The number of aromatic nitrogens is 3. The molecule has 4 aromatic rings. The molecule has 5 rings (SSSR count). The Morgan fingerprint density at radius 1 is 1.31 bits per heavy atom. The molecule has 164 valence electrons. The van der Waals surface area contributed by atoms with Gasteiger partial charge in [0.05, 0.1) is 37.8 Å². The molecule has 0 atom stereocenters. The van der Waals surface area contributed by atoms with Crippen molar-refractivity contribution in [2.24, 2.45) is 0 Å². The number of rotatable bonds is 7. The maximum Gasteiger partial charge on any atom is 0.337 e. The molecule has 0 spiro atoms. The van der Waals surface area contributed by atoms with Crippen LogP contribution >= 0.6 is 11.9 Å². The minimum Gasteiger partial charge on any atom is -0.496 e. The van der Waals surface area contributed by atoms with Crippen molar-refractivity contribution < 1.29 is 23.5 Å². The summed E-state index contributed by atoms with van der Waals surface area (Å²) in [6.45, 7) is 1.23. The first kappa shape index (κ1) is 20.3. The fraction of sp³-hybridized carbons (Fsp3) is 0.227. The van der Waals surface area contributed by atoms with Gasteiger partial charge >= 0.3 is 5.97 Å². The molecule has 9 nitrogen and oxygen atoms in total. The van der Waals surface area contributed by atoms with Crippen LogP contribution in [0.5, 0.6) is 11.5 Å². The number of benzene rings is 2. The highest BCUT2D eigenvalue weighted by molar-refractivity contribution is 8.00. The van der Waals surface area contributed by atoms with Gasteiger partial charge in [-0.3, -0.25) is 4.68 Å². The van der Waals surface area contributed by atoms with E-state index in [1.165, 1.54) is 19.1 Å². The van der Waals surface area contributed by atoms with Crippen LogP contribution in [-0.2, 0) is 17.7 Å². The van der Waals surface area contributed by atoms with Crippen LogP contribution < -0.4 is 14.2 Å². The molecule has 2 aromatic carbocycles. The van der Waals surface area contributed by atoms with Crippen molar-refractivity contribution >= 4 is 34.7 Å². The third kappa shape index (κ3) is 3.62. The van der Waals surface area contributed by atoms with Gasteiger partial charge < -0.3 is 23.5 Å². The molecule has 32 heavy (non-hydrogen) atoms. The van der Waals surface area contributed by atoms with E-state index < -0.39 is 5.97 Å². The molecule has 1 aliphatic heterocycles. The van der Waals surface area contributed by atoms with Gasteiger partial charge in [-0.25, -0.2) is 4.79 Å². The van der Waals surface area contributed by atoms with E-state index in [-0.39, 0.29) is 0 Å². The summed E-state index contributed by atoms with van der Waals surface area (Å²) in [6, 6.07) is 8.97. The van der Waals surface area contributed by atoms with E-state index in [1.54, 1.807) is 31.5 Å². The molecule has 2 aromatic heterocycles. The Hall–Kier alpha value is -3.66. The van der Waals surface area contributed by atoms with Crippen molar-refractivity contribution in [3.63, 3.8) is 0 Å². The topological polar surface area (TPSA) is 101 Å². The van der Waals surface area contributed by atoms with Crippen molar-refractivity contribution in [3.8, 4) is 11.5 Å². The number of carbonyl (C=O) groups excluding carboxylic acids is 1. The number of nitrogens with one attached hydrogen (secondary N) is 1. The number of methoxy groups -OCH3 is 2. The Kier molecular flexibility index (Phi) is 5.36. The monoisotopic (exact) mass is 452 g/mol. The van der Waals surface area contributed by atoms with Gasteiger partial charge in [0.25, 0.3) is 0 Å². The molecule has 0 bridgehead atoms. The number of carbonyl (C=O) groups is 1. The lowest BCUT2D eigenvalue weighted by Gasteiger charge is -2.11. The van der Waals surface area contributed by atoms with Gasteiger partial charge in [-0.2, -0.15) is 5.10 Å². The number of ether oxygens (including phenoxy) is 3. The summed E-state index contributed by atoms with van der Waals surface area (Å²) in [4.78, 5) is 12.6. The minimum absolute atomic E-state index is 0.419. The van der Waals surface area contributed by atoms with Crippen molar-refractivity contribution in [1.29, 1.82) is 0 Å². The van der Waals surface area contributed by atoms with Gasteiger partial charge in [-0.15, -0.1) is 0 Å². The van der Waals surface area contributed by atoms with Crippen LogP contribution in [0, 0.1) is 0 Å². The van der Waals surface area contributed by atoms with Gasteiger partial charge in [0, 0.05) is 24.4 Å². The van der Waals surface area contributed by atoms with E-state index in [9.17, 15) is 4.79 Å². The van der Waals surface area contributed by atoms with Crippen molar-refractivity contribution in [3.05, 3.63) is 59.4 Å². The van der Waals surface area contributed by atoms with Crippen LogP contribution in [0.15, 0.2) is 52.1 Å². The predicted octanol–water partition coefficient (Wildman–Crippen LogP) is 3.92. The average Bonchev–Trinajstić information content (AvgIpc) is 3.57. The van der Waals surface area contributed by atoms with Crippen LogP contribution in [-0.4, -0.2) is 41.7 Å². The van der Waals surface area contributed by atoms with E-state index in [0.29, 0.717) is 40.8 Å².